The first-order chi connectivity index (χ1) is 11.7. The standard InChI is InChI=1S/C19H15ClN2OS/c20-15-8-6-13(7-9-15)19-22-17(11-24-19)14-2-1-3-16(10-14)21-18(23)12-4-5-12/h1-3,6-12H,4-5H2,(H,21,23). The van der Waals surface area contributed by atoms with E-state index < -0.39 is 0 Å². The normalized spacial score (nSPS) is 13.7. The number of rotatable bonds is 4. The van der Waals surface area contributed by atoms with Crippen molar-refractivity contribution in [2.45, 2.75) is 12.8 Å². The predicted molar refractivity (Wildman–Crippen MR) is 99.3 cm³/mol. The van der Waals surface area contributed by atoms with Crippen LogP contribution in [-0.4, -0.2) is 10.9 Å². The van der Waals surface area contributed by atoms with Gasteiger partial charge in [0.15, 0.2) is 0 Å². The van der Waals surface area contributed by atoms with Crippen molar-refractivity contribution in [3.05, 3.63) is 58.9 Å². The lowest BCUT2D eigenvalue weighted by molar-refractivity contribution is -0.117. The summed E-state index contributed by atoms with van der Waals surface area (Å²) in [5, 5.41) is 6.68. The summed E-state index contributed by atoms with van der Waals surface area (Å²) in [4.78, 5) is 16.6. The number of nitrogens with one attached hydrogen (secondary N) is 1. The van der Waals surface area contributed by atoms with Crippen molar-refractivity contribution < 1.29 is 4.79 Å². The Morgan fingerprint density at radius 2 is 1.92 bits per heavy atom. The lowest BCUT2D eigenvalue weighted by Gasteiger charge is -2.05. The van der Waals surface area contributed by atoms with Crippen LogP contribution in [-0.2, 0) is 4.79 Å². The molecule has 0 bridgehead atoms. The second kappa shape index (κ2) is 6.38. The largest absolute Gasteiger partial charge is 0.326 e. The van der Waals surface area contributed by atoms with Crippen LogP contribution < -0.4 is 5.32 Å². The van der Waals surface area contributed by atoms with Gasteiger partial charge in [0, 0.05) is 33.1 Å². The van der Waals surface area contributed by atoms with E-state index in [0.29, 0.717) is 0 Å². The van der Waals surface area contributed by atoms with Crippen LogP contribution >= 0.6 is 22.9 Å². The van der Waals surface area contributed by atoms with Crippen LogP contribution in [0.1, 0.15) is 12.8 Å². The van der Waals surface area contributed by atoms with Crippen molar-refractivity contribution in [1.29, 1.82) is 0 Å². The summed E-state index contributed by atoms with van der Waals surface area (Å²) in [6.07, 6.45) is 2.00. The number of anilines is 1. The van der Waals surface area contributed by atoms with Crippen molar-refractivity contribution >= 4 is 34.5 Å². The lowest BCUT2D eigenvalue weighted by Crippen LogP contribution is -2.13. The first kappa shape index (κ1) is 15.4. The maximum atomic E-state index is 11.9. The number of halogens is 1. The SMILES string of the molecule is O=C(Nc1cccc(-c2csc(-c3ccc(Cl)cc3)n2)c1)C1CC1. The van der Waals surface area contributed by atoms with Crippen molar-refractivity contribution in [3.8, 4) is 21.8 Å². The third-order valence-corrected chi connectivity index (χ3v) is 5.11. The van der Waals surface area contributed by atoms with Gasteiger partial charge in [-0.1, -0.05) is 35.9 Å². The zero-order valence-electron chi connectivity index (χ0n) is 12.8. The Kier molecular flexibility index (Phi) is 4.08. The van der Waals surface area contributed by atoms with Gasteiger partial charge >= 0.3 is 0 Å². The molecule has 0 radical (unpaired) electrons. The molecule has 0 unspecified atom stereocenters. The van der Waals surface area contributed by atoms with Crippen molar-refractivity contribution in [1.82, 2.24) is 4.98 Å². The highest BCUT2D eigenvalue weighted by atomic mass is 35.5. The molecule has 1 saturated carbocycles. The summed E-state index contributed by atoms with van der Waals surface area (Å²) in [5.74, 6) is 0.316. The number of carbonyl (C=O) groups is 1. The predicted octanol–water partition coefficient (Wildman–Crippen LogP) is 5.48. The third-order valence-electron chi connectivity index (χ3n) is 3.97. The van der Waals surface area contributed by atoms with Gasteiger partial charge in [-0.25, -0.2) is 4.98 Å². The number of aromatic nitrogens is 1. The summed E-state index contributed by atoms with van der Waals surface area (Å²) in [6, 6.07) is 15.5. The van der Waals surface area contributed by atoms with E-state index in [4.69, 9.17) is 16.6 Å². The minimum atomic E-state index is 0.118. The number of nitrogens with zero attached hydrogens (tertiary/aromatic N) is 1. The van der Waals surface area contributed by atoms with E-state index in [9.17, 15) is 4.79 Å². The van der Waals surface area contributed by atoms with Gasteiger partial charge in [-0.3, -0.25) is 4.79 Å². The maximum absolute atomic E-state index is 11.9. The van der Waals surface area contributed by atoms with E-state index in [1.807, 2.05) is 53.9 Å². The van der Waals surface area contributed by atoms with Crippen molar-refractivity contribution in [2.75, 3.05) is 5.32 Å². The molecule has 24 heavy (non-hydrogen) atoms. The Hall–Kier alpha value is -2.17. The fourth-order valence-electron chi connectivity index (χ4n) is 2.48. The molecule has 0 aliphatic heterocycles. The van der Waals surface area contributed by atoms with Crippen LogP contribution in [0.5, 0.6) is 0 Å². The number of amides is 1. The summed E-state index contributed by atoms with van der Waals surface area (Å²) >= 11 is 7.53. The van der Waals surface area contributed by atoms with Gasteiger partial charge in [-0.05, 0) is 37.1 Å². The Labute approximate surface area is 149 Å². The van der Waals surface area contributed by atoms with Gasteiger partial charge in [-0.15, -0.1) is 11.3 Å². The van der Waals surface area contributed by atoms with Crippen LogP contribution in [0.3, 0.4) is 0 Å². The van der Waals surface area contributed by atoms with Crippen molar-refractivity contribution in [3.63, 3.8) is 0 Å². The molecule has 0 saturated heterocycles. The van der Waals surface area contributed by atoms with E-state index in [1.165, 1.54) is 0 Å². The zero-order chi connectivity index (χ0) is 16.5. The first-order valence-electron chi connectivity index (χ1n) is 7.82. The number of hydrogen-bond acceptors (Lipinski definition) is 3. The van der Waals surface area contributed by atoms with Gasteiger partial charge in [0.25, 0.3) is 0 Å². The fraction of sp³-hybridized carbons (Fsp3) is 0.158. The fourth-order valence-corrected chi connectivity index (χ4v) is 3.44. The quantitative estimate of drug-likeness (QED) is 0.674. The van der Waals surface area contributed by atoms with Gasteiger partial charge in [0.2, 0.25) is 5.91 Å². The smallest absolute Gasteiger partial charge is 0.227 e. The molecule has 2 aromatic carbocycles. The van der Waals surface area contributed by atoms with Gasteiger partial charge < -0.3 is 5.32 Å². The minimum Gasteiger partial charge on any atom is -0.326 e. The third kappa shape index (κ3) is 3.35. The second-order valence-electron chi connectivity index (χ2n) is 5.89. The average molecular weight is 355 g/mol. The molecular weight excluding hydrogens is 340 g/mol. The van der Waals surface area contributed by atoms with E-state index in [-0.39, 0.29) is 11.8 Å². The molecule has 1 amide bonds. The number of hydrogen-bond donors (Lipinski definition) is 1. The van der Waals surface area contributed by atoms with E-state index >= 15 is 0 Å². The van der Waals surface area contributed by atoms with Crippen molar-refractivity contribution in [2.24, 2.45) is 5.92 Å². The molecule has 1 heterocycles. The van der Waals surface area contributed by atoms with Crippen LogP contribution in [0.25, 0.3) is 21.8 Å². The molecule has 1 N–H and O–H groups in total. The van der Waals surface area contributed by atoms with Gasteiger partial charge in [0.1, 0.15) is 5.01 Å². The molecule has 1 fully saturated rings. The maximum Gasteiger partial charge on any atom is 0.227 e. The number of benzene rings is 2. The van der Waals surface area contributed by atoms with Crippen LogP contribution in [0.4, 0.5) is 5.69 Å². The Bertz CT molecular complexity index is 884. The first-order valence-corrected chi connectivity index (χ1v) is 9.07. The molecule has 1 aliphatic carbocycles. The molecule has 1 aliphatic rings. The van der Waals surface area contributed by atoms with Gasteiger partial charge in [-0.2, -0.15) is 0 Å². The summed E-state index contributed by atoms with van der Waals surface area (Å²) < 4.78 is 0. The van der Waals surface area contributed by atoms with E-state index in [0.717, 1.165) is 45.4 Å². The highest BCUT2D eigenvalue weighted by Gasteiger charge is 2.29. The van der Waals surface area contributed by atoms with E-state index in [2.05, 4.69) is 5.32 Å². The highest BCUT2D eigenvalue weighted by molar-refractivity contribution is 7.13. The van der Waals surface area contributed by atoms with Crippen LogP contribution in [0.2, 0.25) is 5.02 Å². The average Bonchev–Trinajstić information content (AvgIpc) is 3.33. The molecule has 0 atom stereocenters. The summed E-state index contributed by atoms with van der Waals surface area (Å²) in [5.41, 5.74) is 3.78. The van der Waals surface area contributed by atoms with Crippen LogP contribution in [0.15, 0.2) is 53.9 Å². The molecule has 4 rings (SSSR count). The molecule has 0 spiro atoms. The summed E-state index contributed by atoms with van der Waals surface area (Å²) in [6.45, 7) is 0. The lowest BCUT2D eigenvalue weighted by atomic mass is 10.1. The highest BCUT2D eigenvalue weighted by Crippen LogP contribution is 2.32. The summed E-state index contributed by atoms with van der Waals surface area (Å²) in [7, 11) is 0. The molecule has 1 aromatic heterocycles. The number of thiazole rings is 1. The van der Waals surface area contributed by atoms with E-state index in [1.54, 1.807) is 11.3 Å². The minimum absolute atomic E-state index is 0.118. The Balaban J connectivity index is 1.57. The van der Waals surface area contributed by atoms with Gasteiger partial charge in [0.05, 0.1) is 5.69 Å². The second-order valence-corrected chi connectivity index (χ2v) is 7.18. The molecule has 3 aromatic rings. The Morgan fingerprint density at radius 1 is 1.12 bits per heavy atom. The molecule has 5 heteroatoms. The van der Waals surface area contributed by atoms with Crippen LogP contribution in [0, 0.1) is 5.92 Å². The number of carbonyl (C=O) groups excluding carboxylic acids is 1. The molecular formula is C19H15ClN2OS. The zero-order valence-corrected chi connectivity index (χ0v) is 14.4. The molecule has 3 nitrogen and oxygen atoms in total. The topological polar surface area (TPSA) is 42.0 Å². The molecule has 120 valence electrons. The Morgan fingerprint density at radius 3 is 2.67 bits per heavy atom. The monoisotopic (exact) mass is 354 g/mol.